The molecule has 2 fully saturated rings. The van der Waals surface area contributed by atoms with Gasteiger partial charge in [0.15, 0.2) is 12.1 Å². The van der Waals surface area contributed by atoms with E-state index in [0.29, 0.717) is 11.0 Å². The van der Waals surface area contributed by atoms with Crippen LogP contribution in [0, 0.1) is 0 Å². The van der Waals surface area contributed by atoms with Gasteiger partial charge in [0, 0.05) is 11.0 Å². The summed E-state index contributed by atoms with van der Waals surface area (Å²) in [5, 5.41) is 10.3. The van der Waals surface area contributed by atoms with Gasteiger partial charge in [-0.2, -0.15) is 0 Å². The summed E-state index contributed by atoms with van der Waals surface area (Å²) in [6.07, 6.45) is 11.1. The Balaban J connectivity index is 1.61. The molecule has 1 N–H and O–H groups in total. The van der Waals surface area contributed by atoms with Crippen molar-refractivity contribution < 1.29 is 24.1 Å². The topological polar surface area (TPSA) is 57.2 Å². The maximum absolute atomic E-state index is 10.3. The number of unbranched alkanes of at least 4 members (excludes halogenated alkanes) is 9. The largest absolute Gasteiger partial charge is 0.390 e. The number of hydrogen-bond acceptors (Lipinski definition) is 5. The summed E-state index contributed by atoms with van der Waals surface area (Å²) in [6.45, 7) is 6.72. The molecule has 0 aromatic rings. The van der Waals surface area contributed by atoms with Crippen molar-refractivity contribution in [3.63, 3.8) is 0 Å². The Labute approximate surface area is 179 Å². The standard InChI is InChI=1S/C21H39IO5/c1-4-5-6-7-8-9-10-11-12-13-14-24-18-17(16(23)15-22)25-20-19(18)26-21(2,3)27-20/h16-20,23H,4-15H2,1-3H3/t16-,17-,18+,19-,20-/m1/s1. The van der Waals surface area contributed by atoms with Crippen LogP contribution in [0.5, 0.6) is 0 Å². The zero-order valence-corrected chi connectivity index (χ0v) is 19.5. The SMILES string of the molecule is CCCCCCCCCCCCO[C@@H]1[C@H]2OC(C)(C)O[C@H]2O[C@@H]1[C@H](O)CI. The van der Waals surface area contributed by atoms with Crippen molar-refractivity contribution in [3.8, 4) is 0 Å². The van der Waals surface area contributed by atoms with Crippen LogP contribution in [-0.2, 0) is 18.9 Å². The highest BCUT2D eigenvalue weighted by Crippen LogP contribution is 2.39. The van der Waals surface area contributed by atoms with Crippen molar-refractivity contribution in [1.82, 2.24) is 0 Å². The van der Waals surface area contributed by atoms with E-state index in [0.717, 1.165) is 6.42 Å². The van der Waals surface area contributed by atoms with Gasteiger partial charge in [0.1, 0.15) is 18.3 Å². The molecule has 27 heavy (non-hydrogen) atoms. The summed E-state index contributed by atoms with van der Waals surface area (Å²) in [4.78, 5) is 0. The zero-order valence-electron chi connectivity index (χ0n) is 17.3. The van der Waals surface area contributed by atoms with Crippen LogP contribution in [0.4, 0.5) is 0 Å². The van der Waals surface area contributed by atoms with E-state index in [1.54, 1.807) is 0 Å². The van der Waals surface area contributed by atoms with Gasteiger partial charge < -0.3 is 24.1 Å². The summed E-state index contributed by atoms with van der Waals surface area (Å²) in [5.41, 5.74) is 0. The highest BCUT2D eigenvalue weighted by atomic mass is 127. The lowest BCUT2D eigenvalue weighted by molar-refractivity contribution is -0.227. The first-order chi connectivity index (χ1) is 13.0. The lowest BCUT2D eigenvalue weighted by Crippen LogP contribution is -2.43. The second kappa shape index (κ2) is 12.3. The molecular formula is C21H39IO5. The maximum Gasteiger partial charge on any atom is 0.190 e. The molecule has 0 unspecified atom stereocenters. The fourth-order valence-electron chi connectivity index (χ4n) is 3.90. The van der Waals surface area contributed by atoms with Crippen LogP contribution in [0.3, 0.4) is 0 Å². The lowest BCUT2D eigenvalue weighted by atomic mass is 10.1. The minimum atomic E-state index is -0.658. The Morgan fingerprint density at radius 1 is 0.963 bits per heavy atom. The number of aliphatic hydroxyl groups excluding tert-OH is 1. The van der Waals surface area contributed by atoms with Gasteiger partial charge in [0.2, 0.25) is 0 Å². The van der Waals surface area contributed by atoms with E-state index in [2.05, 4.69) is 29.5 Å². The van der Waals surface area contributed by atoms with Crippen molar-refractivity contribution >= 4 is 22.6 Å². The molecule has 5 atom stereocenters. The van der Waals surface area contributed by atoms with Crippen molar-refractivity contribution in [2.45, 2.75) is 121 Å². The molecule has 2 heterocycles. The highest BCUT2D eigenvalue weighted by Gasteiger charge is 2.56. The van der Waals surface area contributed by atoms with Crippen LogP contribution in [0.2, 0.25) is 0 Å². The van der Waals surface area contributed by atoms with E-state index in [1.807, 2.05) is 13.8 Å². The Kier molecular flexibility index (Phi) is 10.8. The number of aliphatic hydroxyl groups is 1. The monoisotopic (exact) mass is 498 g/mol. The van der Waals surface area contributed by atoms with Crippen LogP contribution in [0.1, 0.15) is 85.0 Å². The van der Waals surface area contributed by atoms with Crippen LogP contribution in [0.15, 0.2) is 0 Å². The summed E-state index contributed by atoms with van der Waals surface area (Å²) in [5.74, 6) is -0.658. The fourth-order valence-corrected chi connectivity index (χ4v) is 4.40. The van der Waals surface area contributed by atoms with Crippen LogP contribution in [0.25, 0.3) is 0 Å². The van der Waals surface area contributed by atoms with Gasteiger partial charge in [0.25, 0.3) is 0 Å². The van der Waals surface area contributed by atoms with E-state index in [-0.39, 0.29) is 18.3 Å². The van der Waals surface area contributed by atoms with E-state index in [9.17, 15) is 5.11 Å². The second-order valence-corrected chi connectivity index (χ2v) is 9.19. The van der Waals surface area contributed by atoms with Crippen LogP contribution < -0.4 is 0 Å². The van der Waals surface area contributed by atoms with Gasteiger partial charge in [-0.25, -0.2) is 0 Å². The Morgan fingerprint density at radius 2 is 1.56 bits per heavy atom. The quantitative estimate of drug-likeness (QED) is 0.208. The van der Waals surface area contributed by atoms with Gasteiger partial charge in [-0.15, -0.1) is 0 Å². The third-order valence-electron chi connectivity index (χ3n) is 5.37. The smallest absolute Gasteiger partial charge is 0.190 e. The maximum atomic E-state index is 10.3. The molecule has 0 spiro atoms. The van der Waals surface area contributed by atoms with Gasteiger partial charge in [-0.05, 0) is 20.3 Å². The molecule has 0 bridgehead atoms. The highest BCUT2D eigenvalue weighted by molar-refractivity contribution is 14.1. The van der Waals surface area contributed by atoms with Crippen LogP contribution >= 0.6 is 22.6 Å². The lowest BCUT2D eigenvalue weighted by Gasteiger charge is -2.28. The van der Waals surface area contributed by atoms with Crippen molar-refractivity contribution in [1.29, 1.82) is 0 Å². The van der Waals surface area contributed by atoms with E-state index < -0.39 is 18.2 Å². The predicted molar refractivity (Wildman–Crippen MR) is 115 cm³/mol. The summed E-state index contributed by atoms with van der Waals surface area (Å²) in [6, 6.07) is 0. The molecule has 0 aliphatic carbocycles. The fraction of sp³-hybridized carbons (Fsp3) is 1.00. The number of ether oxygens (including phenoxy) is 4. The molecule has 0 aromatic carbocycles. The third kappa shape index (κ3) is 7.70. The summed E-state index contributed by atoms with van der Waals surface area (Å²) >= 11 is 2.17. The molecule has 6 heteroatoms. The molecule has 2 aliphatic heterocycles. The number of alkyl halides is 1. The predicted octanol–water partition coefficient (Wildman–Crippen LogP) is 4.96. The third-order valence-corrected chi connectivity index (χ3v) is 6.27. The molecule has 0 amide bonds. The van der Waals surface area contributed by atoms with Gasteiger partial charge >= 0.3 is 0 Å². The first-order valence-corrected chi connectivity index (χ1v) is 12.4. The molecule has 2 rings (SSSR count). The number of hydrogen-bond donors (Lipinski definition) is 1. The summed E-state index contributed by atoms with van der Waals surface area (Å²) in [7, 11) is 0. The van der Waals surface area contributed by atoms with Gasteiger partial charge in [-0.1, -0.05) is 87.3 Å². The Hall–Kier alpha value is 0.530. The molecule has 160 valence electrons. The zero-order chi connectivity index (χ0) is 19.7. The van der Waals surface area contributed by atoms with Crippen molar-refractivity contribution in [3.05, 3.63) is 0 Å². The summed E-state index contributed by atoms with van der Waals surface area (Å²) < 4.78 is 24.4. The molecule has 0 radical (unpaired) electrons. The minimum absolute atomic E-state index is 0.259. The Morgan fingerprint density at radius 3 is 2.15 bits per heavy atom. The first kappa shape index (κ1) is 23.8. The van der Waals surface area contributed by atoms with Crippen molar-refractivity contribution in [2.24, 2.45) is 0 Å². The average Bonchev–Trinajstić information content (AvgIpc) is 3.11. The van der Waals surface area contributed by atoms with E-state index in [4.69, 9.17) is 18.9 Å². The molecule has 2 aliphatic rings. The molecule has 0 aromatic heterocycles. The number of halogens is 1. The van der Waals surface area contributed by atoms with Crippen molar-refractivity contribution in [2.75, 3.05) is 11.0 Å². The second-order valence-electron chi connectivity index (χ2n) is 8.31. The molecule has 5 nitrogen and oxygen atoms in total. The number of fused-ring (bicyclic) bond motifs is 1. The minimum Gasteiger partial charge on any atom is -0.390 e. The first-order valence-electron chi connectivity index (χ1n) is 10.8. The molecule has 2 saturated heterocycles. The molecule has 0 saturated carbocycles. The van der Waals surface area contributed by atoms with E-state index in [1.165, 1.54) is 57.8 Å². The molecular weight excluding hydrogens is 459 g/mol. The Bertz CT molecular complexity index is 406. The van der Waals surface area contributed by atoms with Gasteiger partial charge in [-0.3, -0.25) is 0 Å². The van der Waals surface area contributed by atoms with Gasteiger partial charge in [0.05, 0.1) is 6.10 Å². The number of rotatable bonds is 14. The normalized spacial score (nSPS) is 30.6. The average molecular weight is 498 g/mol. The van der Waals surface area contributed by atoms with E-state index >= 15 is 0 Å². The van der Waals surface area contributed by atoms with Crippen LogP contribution in [-0.4, -0.2) is 52.6 Å².